The Kier molecular flexibility index (Phi) is 5.94. The molecule has 1 fully saturated rings. The van der Waals surface area contributed by atoms with E-state index in [-0.39, 0.29) is 5.91 Å². The van der Waals surface area contributed by atoms with Crippen LogP contribution in [0.4, 0.5) is 5.13 Å². The number of morpholine rings is 1. The number of benzene rings is 2. The van der Waals surface area contributed by atoms with Gasteiger partial charge in [-0.3, -0.25) is 15.0 Å². The highest BCUT2D eigenvalue weighted by molar-refractivity contribution is 7.14. The van der Waals surface area contributed by atoms with Crippen molar-refractivity contribution in [2.75, 3.05) is 31.6 Å². The lowest BCUT2D eigenvalue weighted by molar-refractivity contribution is 0.0337. The van der Waals surface area contributed by atoms with Gasteiger partial charge in [-0.05, 0) is 19.1 Å². The summed E-state index contributed by atoms with van der Waals surface area (Å²) in [5, 5.41) is 6.43. The molecule has 1 aliphatic heterocycles. The normalized spacial score (nSPS) is 14.5. The Morgan fingerprint density at radius 3 is 2.69 bits per heavy atom. The molecule has 6 nitrogen and oxygen atoms in total. The molecule has 7 heteroatoms. The largest absolute Gasteiger partial charge is 0.379 e. The predicted molar refractivity (Wildman–Crippen MR) is 128 cm³/mol. The molecule has 4 aromatic rings. The number of carbonyl (C=O) groups is 1. The molecule has 0 saturated carbocycles. The van der Waals surface area contributed by atoms with Crippen LogP contribution in [0.25, 0.3) is 22.2 Å². The van der Waals surface area contributed by atoms with Crippen LogP contribution in [0.3, 0.4) is 0 Å². The fourth-order valence-corrected chi connectivity index (χ4v) is 4.52. The minimum Gasteiger partial charge on any atom is -0.379 e. The molecule has 0 unspecified atom stereocenters. The number of nitrogens with one attached hydrogen (secondary N) is 1. The maximum Gasteiger partial charge on any atom is 0.258 e. The van der Waals surface area contributed by atoms with Crippen LogP contribution in [0, 0.1) is 6.92 Å². The summed E-state index contributed by atoms with van der Waals surface area (Å²) < 4.78 is 5.41. The van der Waals surface area contributed by atoms with Crippen molar-refractivity contribution in [1.29, 1.82) is 0 Å². The van der Waals surface area contributed by atoms with E-state index in [4.69, 9.17) is 9.72 Å². The molecule has 0 atom stereocenters. The van der Waals surface area contributed by atoms with E-state index in [1.165, 1.54) is 16.9 Å². The molecular weight excluding hydrogens is 420 g/mol. The number of aryl methyl sites for hydroxylation is 1. The minimum atomic E-state index is -0.177. The zero-order valence-electron chi connectivity index (χ0n) is 17.9. The second kappa shape index (κ2) is 9.16. The third-order valence-electron chi connectivity index (χ3n) is 5.57. The fourth-order valence-electron chi connectivity index (χ4n) is 3.83. The van der Waals surface area contributed by atoms with Crippen LogP contribution < -0.4 is 5.32 Å². The molecular formula is C25H24N4O2S. The first-order chi connectivity index (χ1) is 15.7. The van der Waals surface area contributed by atoms with Crippen molar-refractivity contribution in [1.82, 2.24) is 14.9 Å². The van der Waals surface area contributed by atoms with Gasteiger partial charge in [0.2, 0.25) is 0 Å². The molecule has 0 radical (unpaired) electrons. The Labute approximate surface area is 190 Å². The lowest BCUT2D eigenvalue weighted by Crippen LogP contribution is -2.35. The Hall–Kier alpha value is -3.13. The van der Waals surface area contributed by atoms with Gasteiger partial charge in [-0.25, -0.2) is 9.97 Å². The van der Waals surface area contributed by atoms with Crippen LogP contribution in [0.1, 0.15) is 21.6 Å². The van der Waals surface area contributed by atoms with Crippen molar-refractivity contribution in [3.05, 3.63) is 76.8 Å². The van der Waals surface area contributed by atoms with Crippen molar-refractivity contribution in [3.63, 3.8) is 0 Å². The third-order valence-corrected chi connectivity index (χ3v) is 6.38. The number of hydrogen-bond acceptors (Lipinski definition) is 6. The number of thiazole rings is 1. The summed E-state index contributed by atoms with van der Waals surface area (Å²) in [7, 11) is 0. The first-order valence-corrected chi connectivity index (χ1v) is 11.6. The highest BCUT2D eigenvalue weighted by Gasteiger charge is 2.17. The molecule has 1 N–H and O–H groups in total. The Morgan fingerprint density at radius 2 is 1.88 bits per heavy atom. The average molecular weight is 445 g/mol. The van der Waals surface area contributed by atoms with Gasteiger partial charge in [0.15, 0.2) is 5.13 Å². The number of fused-ring (bicyclic) bond motifs is 1. The van der Waals surface area contributed by atoms with E-state index in [0.717, 1.165) is 60.7 Å². The summed E-state index contributed by atoms with van der Waals surface area (Å²) in [5.74, 6) is -0.177. The smallest absolute Gasteiger partial charge is 0.258 e. The van der Waals surface area contributed by atoms with Gasteiger partial charge in [-0.2, -0.15) is 0 Å². The third kappa shape index (κ3) is 4.55. The quantitative estimate of drug-likeness (QED) is 0.481. The number of nitrogens with zero attached hydrogens (tertiary/aromatic N) is 3. The summed E-state index contributed by atoms with van der Waals surface area (Å²) in [6, 6.07) is 17.8. The highest BCUT2D eigenvalue weighted by Crippen LogP contribution is 2.26. The van der Waals surface area contributed by atoms with Crippen molar-refractivity contribution >= 4 is 33.3 Å². The Morgan fingerprint density at radius 1 is 1.09 bits per heavy atom. The van der Waals surface area contributed by atoms with Crippen LogP contribution in [0.5, 0.6) is 0 Å². The zero-order chi connectivity index (χ0) is 21.9. The number of carbonyl (C=O) groups excluding carboxylic acids is 1. The van der Waals surface area contributed by atoms with E-state index >= 15 is 0 Å². The summed E-state index contributed by atoms with van der Waals surface area (Å²) in [4.78, 5) is 25.0. The van der Waals surface area contributed by atoms with Gasteiger partial charge >= 0.3 is 0 Å². The summed E-state index contributed by atoms with van der Waals surface area (Å²) in [6.07, 6.45) is 0. The number of pyridine rings is 1. The van der Waals surface area contributed by atoms with Crippen LogP contribution in [-0.2, 0) is 11.3 Å². The van der Waals surface area contributed by atoms with E-state index in [0.29, 0.717) is 10.7 Å². The Bertz CT molecular complexity index is 1250. The molecule has 0 spiro atoms. The number of amides is 1. The molecule has 2 aromatic heterocycles. The molecule has 3 heterocycles. The molecule has 0 aliphatic carbocycles. The van der Waals surface area contributed by atoms with Crippen molar-refractivity contribution in [2.24, 2.45) is 0 Å². The van der Waals surface area contributed by atoms with Gasteiger partial charge in [0, 0.05) is 36.0 Å². The molecule has 2 aromatic carbocycles. The van der Waals surface area contributed by atoms with E-state index in [9.17, 15) is 4.79 Å². The lowest BCUT2D eigenvalue weighted by Gasteiger charge is -2.25. The van der Waals surface area contributed by atoms with E-state index in [1.807, 2.05) is 47.8 Å². The maximum atomic E-state index is 13.3. The Balaban J connectivity index is 1.41. The van der Waals surface area contributed by atoms with Gasteiger partial charge in [-0.15, -0.1) is 11.3 Å². The molecule has 5 rings (SSSR count). The average Bonchev–Trinajstić information content (AvgIpc) is 3.26. The monoisotopic (exact) mass is 444 g/mol. The second-order valence-corrected chi connectivity index (χ2v) is 8.78. The lowest BCUT2D eigenvalue weighted by atomic mass is 10.0. The zero-order valence-corrected chi connectivity index (χ0v) is 18.7. The SMILES string of the molecule is Cc1ccc(-c2cc(C(=O)Nc3nc(CN4CCOCC4)cs3)c3ccccc3n2)cc1. The summed E-state index contributed by atoms with van der Waals surface area (Å²) in [6.45, 7) is 6.15. The highest BCUT2D eigenvalue weighted by atomic mass is 32.1. The molecule has 0 bridgehead atoms. The number of hydrogen-bond donors (Lipinski definition) is 1. The van der Waals surface area contributed by atoms with Crippen LogP contribution in [0.2, 0.25) is 0 Å². The van der Waals surface area contributed by atoms with Gasteiger partial charge in [0.1, 0.15) is 0 Å². The van der Waals surface area contributed by atoms with Crippen molar-refractivity contribution in [3.8, 4) is 11.3 Å². The van der Waals surface area contributed by atoms with E-state index in [2.05, 4.69) is 34.3 Å². The van der Waals surface area contributed by atoms with Gasteiger partial charge in [-0.1, -0.05) is 48.0 Å². The molecule has 1 saturated heterocycles. The van der Waals surface area contributed by atoms with Crippen molar-refractivity contribution < 1.29 is 9.53 Å². The summed E-state index contributed by atoms with van der Waals surface area (Å²) >= 11 is 1.45. The number of rotatable bonds is 5. The van der Waals surface area contributed by atoms with Crippen LogP contribution >= 0.6 is 11.3 Å². The number of para-hydroxylation sites is 1. The molecule has 1 amide bonds. The minimum absolute atomic E-state index is 0.177. The molecule has 162 valence electrons. The van der Waals surface area contributed by atoms with Crippen LogP contribution in [-0.4, -0.2) is 47.1 Å². The van der Waals surface area contributed by atoms with Crippen molar-refractivity contribution in [2.45, 2.75) is 13.5 Å². The number of ether oxygens (including phenoxy) is 1. The standard InChI is InChI=1S/C25H24N4O2S/c1-17-6-8-18(9-7-17)23-14-21(20-4-2-3-5-22(20)27-23)24(30)28-25-26-19(16-32-25)15-29-10-12-31-13-11-29/h2-9,14,16H,10-13,15H2,1H3,(H,26,28,30). The first kappa shape index (κ1) is 20.8. The van der Waals surface area contributed by atoms with Gasteiger partial charge < -0.3 is 4.74 Å². The van der Waals surface area contributed by atoms with Gasteiger partial charge in [0.05, 0.1) is 35.7 Å². The maximum absolute atomic E-state index is 13.3. The van der Waals surface area contributed by atoms with E-state index in [1.54, 1.807) is 0 Å². The topological polar surface area (TPSA) is 67.4 Å². The first-order valence-electron chi connectivity index (χ1n) is 10.7. The van der Waals surface area contributed by atoms with Crippen LogP contribution in [0.15, 0.2) is 60.0 Å². The predicted octanol–water partition coefficient (Wildman–Crippen LogP) is 4.75. The second-order valence-electron chi connectivity index (χ2n) is 7.92. The molecule has 32 heavy (non-hydrogen) atoms. The number of anilines is 1. The number of aromatic nitrogens is 2. The fraction of sp³-hybridized carbons (Fsp3) is 0.240. The van der Waals surface area contributed by atoms with E-state index < -0.39 is 0 Å². The summed E-state index contributed by atoms with van der Waals surface area (Å²) in [5.41, 5.74) is 5.30. The van der Waals surface area contributed by atoms with Gasteiger partial charge in [0.25, 0.3) is 5.91 Å². The molecule has 1 aliphatic rings.